The van der Waals surface area contributed by atoms with Gasteiger partial charge in [0, 0.05) is 50.4 Å². The number of piperazine rings is 1. The normalized spacial score (nSPS) is 25.5. The van der Waals surface area contributed by atoms with Crippen LogP contribution in [0.25, 0.3) is 0 Å². The van der Waals surface area contributed by atoms with Crippen LogP contribution in [0, 0.1) is 11.8 Å². The maximum atomic E-state index is 12.8. The van der Waals surface area contributed by atoms with Crippen molar-refractivity contribution in [1.82, 2.24) is 9.80 Å². The summed E-state index contributed by atoms with van der Waals surface area (Å²) in [6.45, 7) is 5.30. The van der Waals surface area contributed by atoms with E-state index in [1.807, 2.05) is 24.3 Å². The Hall–Kier alpha value is -2.12. The summed E-state index contributed by atoms with van der Waals surface area (Å²) in [4.78, 5) is 43.2. The molecule has 1 aromatic rings. The maximum absolute atomic E-state index is 12.8. The average molecular weight is 448 g/mol. The van der Waals surface area contributed by atoms with Gasteiger partial charge in [0.05, 0.1) is 18.4 Å². The fraction of sp³-hybridized carbons (Fsp3) is 0.609. The highest BCUT2D eigenvalue weighted by molar-refractivity contribution is 6.30. The van der Waals surface area contributed by atoms with Gasteiger partial charge >= 0.3 is 5.97 Å². The minimum absolute atomic E-state index is 0.0855. The summed E-state index contributed by atoms with van der Waals surface area (Å²) in [6, 6.07) is 7.82. The lowest BCUT2D eigenvalue weighted by atomic mass is 9.81. The van der Waals surface area contributed by atoms with Crippen LogP contribution in [0.3, 0.4) is 0 Å². The van der Waals surface area contributed by atoms with E-state index in [1.165, 1.54) is 11.8 Å². The molecule has 3 aliphatic rings. The Morgan fingerprint density at radius 2 is 1.71 bits per heavy atom. The standard InChI is InChI=1S/C23H30ClN3O4/c1-16(28)31-19(15-27-22(29)20-7-2-3-8-21(20)23(27)30)14-25-9-11-26(12-10-25)18-6-4-5-17(24)13-18/h4-6,13,19-21H,2-3,7-12,14-15H2,1H3. The van der Waals surface area contributed by atoms with Crippen molar-refractivity contribution < 1.29 is 19.1 Å². The van der Waals surface area contributed by atoms with Crippen LogP contribution in [0.1, 0.15) is 32.6 Å². The maximum Gasteiger partial charge on any atom is 0.303 e. The van der Waals surface area contributed by atoms with Crippen LogP contribution in [-0.4, -0.2) is 73.0 Å². The van der Waals surface area contributed by atoms with E-state index in [2.05, 4.69) is 9.80 Å². The van der Waals surface area contributed by atoms with E-state index >= 15 is 0 Å². The molecule has 3 unspecified atom stereocenters. The first kappa shape index (κ1) is 22.1. The van der Waals surface area contributed by atoms with Gasteiger partial charge in [0.2, 0.25) is 11.8 Å². The summed E-state index contributed by atoms with van der Waals surface area (Å²) < 4.78 is 5.53. The monoisotopic (exact) mass is 447 g/mol. The van der Waals surface area contributed by atoms with Gasteiger partial charge in [-0.2, -0.15) is 0 Å². The Bertz CT molecular complexity index is 816. The Morgan fingerprint density at radius 1 is 1.06 bits per heavy atom. The topological polar surface area (TPSA) is 70.2 Å². The zero-order chi connectivity index (χ0) is 22.0. The van der Waals surface area contributed by atoms with Gasteiger partial charge < -0.3 is 9.64 Å². The molecule has 0 bridgehead atoms. The van der Waals surface area contributed by atoms with Crippen LogP contribution in [0.4, 0.5) is 5.69 Å². The van der Waals surface area contributed by atoms with Gasteiger partial charge in [-0.25, -0.2) is 0 Å². The van der Waals surface area contributed by atoms with Crippen molar-refractivity contribution in [3.63, 3.8) is 0 Å². The molecule has 0 N–H and O–H groups in total. The zero-order valence-electron chi connectivity index (χ0n) is 18.0. The number of anilines is 1. The second-order valence-corrected chi connectivity index (χ2v) is 9.22. The largest absolute Gasteiger partial charge is 0.459 e. The average Bonchev–Trinajstić information content (AvgIpc) is 2.99. The zero-order valence-corrected chi connectivity index (χ0v) is 18.7. The van der Waals surface area contributed by atoms with Crippen molar-refractivity contribution >= 4 is 35.1 Å². The number of hydrogen-bond donors (Lipinski definition) is 0. The number of carbonyl (C=O) groups is 3. The Morgan fingerprint density at radius 3 is 2.29 bits per heavy atom. The SMILES string of the molecule is CC(=O)OC(CN1CCN(c2cccc(Cl)c2)CC1)CN1C(=O)C2CCCCC2C1=O. The molecule has 8 heteroatoms. The Labute approximate surface area is 188 Å². The molecule has 1 aliphatic carbocycles. The first-order valence-corrected chi connectivity index (χ1v) is 11.6. The Kier molecular flexibility index (Phi) is 6.82. The Balaban J connectivity index is 1.36. The van der Waals surface area contributed by atoms with E-state index in [0.717, 1.165) is 62.6 Å². The summed E-state index contributed by atoms with van der Waals surface area (Å²) in [7, 11) is 0. The summed E-state index contributed by atoms with van der Waals surface area (Å²) in [6.07, 6.45) is 3.06. The van der Waals surface area contributed by atoms with E-state index in [-0.39, 0.29) is 36.2 Å². The van der Waals surface area contributed by atoms with Crippen molar-refractivity contribution in [2.24, 2.45) is 11.8 Å². The molecule has 7 nitrogen and oxygen atoms in total. The molecular formula is C23H30ClN3O4. The molecule has 3 atom stereocenters. The number of rotatable bonds is 6. The van der Waals surface area contributed by atoms with Crippen LogP contribution in [-0.2, 0) is 19.1 Å². The molecule has 1 saturated carbocycles. The van der Waals surface area contributed by atoms with Crippen molar-refractivity contribution in [3.8, 4) is 0 Å². The van der Waals surface area contributed by atoms with Crippen LogP contribution < -0.4 is 4.90 Å². The van der Waals surface area contributed by atoms with Crippen molar-refractivity contribution in [2.75, 3.05) is 44.2 Å². The van der Waals surface area contributed by atoms with Crippen LogP contribution in [0.5, 0.6) is 0 Å². The van der Waals surface area contributed by atoms with Gasteiger partial charge in [0.25, 0.3) is 0 Å². The predicted molar refractivity (Wildman–Crippen MR) is 118 cm³/mol. The van der Waals surface area contributed by atoms with Crippen LogP contribution >= 0.6 is 11.6 Å². The van der Waals surface area contributed by atoms with Crippen LogP contribution in [0.2, 0.25) is 5.02 Å². The number of carbonyl (C=O) groups excluding carboxylic acids is 3. The van der Waals surface area contributed by atoms with Crippen molar-refractivity contribution in [3.05, 3.63) is 29.3 Å². The predicted octanol–water partition coefficient (Wildman–Crippen LogP) is 2.57. The van der Waals surface area contributed by atoms with Crippen molar-refractivity contribution in [1.29, 1.82) is 0 Å². The van der Waals surface area contributed by atoms with Gasteiger partial charge in [0.15, 0.2) is 0 Å². The number of hydrogen-bond acceptors (Lipinski definition) is 6. The highest BCUT2D eigenvalue weighted by atomic mass is 35.5. The fourth-order valence-corrected chi connectivity index (χ4v) is 5.32. The van der Waals surface area contributed by atoms with Gasteiger partial charge in [-0.3, -0.25) is 24.2 Å². The minimum atomic E-state index is -0.511. The highest BCUT2D eigenvalue weighted by Gasteiger charge is 2.48. The van der Waals surface area contributed by atoms with Crippen LogP contribution in [0.15, 0.2) is 24.3 Å². The second kappa shape index (κ2) is 9.57. The van der Waals surface area contributed by atoms with Crippen molar-refractivity contribution in [2.45, 2.75) is 38.7 Å². The molecule has 3 fully saturated rings. The van der Waals surface area contributed by atoms with Gasteiger partial charge in [-0.05, 0) is 31.0 Å². The molecule has 2 aliphatic heterocycles. The van der Waals surface area contributed by atoms with E-state index in [1.54, 1.807) is 0 Å². The van der Waals surface area contributed by atoms with Gasteiger partial charge in [-0.15, -0.1) is 0 Å². The third-order valence-corrected chi connectivity index (χ3v) is 6.89. The summed E-state index contributed by atoms with van der Waals surface area (Å²) in [5.74, 6) is -0.921. The highest BCUT2D eigenvalue weighted by Crippen LogP contribution is 2.38. The van der Waals surface area contributed by atoms with Gasteiger partial charge in [-0.1, -0.05) is 30.5 Å². The smallest absolute Gasteiger partial charge is 0.303 e. The number of nitrogens with zero attached hydrogens (tertiary/aromatic N) is 3. The van der Waals surface area contributed by atoms with Gasteiger partial charge in [0.1, 0.15) is 6.10 Å². The molecule has 2 saturated heterocycles. The number of amides is 2. The lowest BCUT2D eigenvalue weighted by Gasteiger charge is -2.37. The molecule has 1 aromatic carbocycles. The number of halogens is 1. The molecule has 0 radical (unpaired) electrons. The third-order valence-electron chi connectivity index (χ3n) is 6.66. The summed E-state index contributed by atoms with van der Waals surface area (Å²) in [5, 5.41) is 0.718. The quantitative estimate of drug-likeness (QED) is 0.493. The molecule has 2 heterocycles. The lowest BCUT2D eigenvalue weighted by molar-refractivity contribution is -0.153. The number of benzene rings is 1. The number of imide groups is 1. The minimum Gasteiger partial charge on any atom is -0.459 e. The molecule has 0 spiro atoms. The summed E-state index contributed by atoms with van der Waals surface area (Å²) in [5.41, 5.74) is 1.10. The number of esters is 1. The molecule has 4 rings (SSSR count). The number of ether oxygens (including phenoxy) is 1. The molecule has 2 amide bonds. The third kappa shape index (κ3) is 5.04. The fourth-order valence-electron chi connectivity index (χ4n) is 5.13. The number of likely N-dealkylation sites (tertiary alicyclic amines) is 1. The summed E-state index contributed by atoms with van der Waals surface area (Å²) >= 11 is 6.11. The van der Waals surface area contributed by atoms with E-state index in [4.69, 9.17) is 16.3 Å². The number of fused-ring (bicyclic) bond motifs is 1. The molecule has 31 heavy (non-hydrogen) atoms. The molecule has 168 valence electrons. The lowest BCUT2D eigenvalue weighted by Crippen LogP contribution is -2.51. The van der Waals surface area contributed by atoms with E-state index in [0.29, 0.717) is 6.54 Å². The first-order valence-electron chi connectivity index (χ1n) is 11.2. The van der Waals surface area contributed by atoms with E-state index < -0.39 is 6.10 Å². The first-order chi connectivity index (χ1) is 14.9. The molecular weight excluding hydrogens is 418 g/mol. The van der Waals surface area contributed by atoms with E-state index in [9.17, 15) is 14.4 Å². The molecule has 0 aromatic heterocycles. The second-order valence-electron chi connectivity index (χ2n) is 8.78.